The Balaban J connectivity index is 1.43. The number of amides is 9. The van der Waals surface area contributed by atoms with Gasteiger partial charge in [0.2, 0.25) is 53.2 Å². The fourth-order valence-corrected chi connectivity index (χ4v) is 10.7. The second-order valence-corrected chi connectivity index (χ2v) is 23.1. The molecule has 5 rings (SSSR count). The van der Waals surface area contributed by atoms with Crippen molar-refractivity contribution in [3.63, 3.8) is 0 Å². The molecule has 1 aliphatic carbocycles. The predicted molar refractivity (Wildman–Crippen MR) is 341 cm³/mol. The number of hydrogen-bond acceptors (Lipinski definition) is 14. The SMILES string of the molecule is C=CCN(CC(=O)N(CC(=O)N(CC(=O)N(CC(=O)N(CCCCN)CC(=O)N(CCCCN)CC(=O)NC(CS)C(N)=O)C1CCCC1)Cc1ccco1)Cc1cccc(C(F)(F)F)c1)C(=O)CN(C(=O)CNCCc1ccc(Cl)cc1)C(C)c1ccccc1. The maximum atomic E-state index is 15.0. The molecule has 496 valence electrons. The molecule has 1 saturated carbocycles. The van der Waals surface area contributed by atoms with E-state index >= 15 is 0 Å². The number of hydrogen-bond donors (Lipinski definition) is 6. The second kappa shape index (κ2) is 38.2. The molecule has 1 heterocycles. The van der Waals surface area contributed by atoms with E-state index in [2.05, 4.69) is 29.8 Å². The maximum absolute atomic E-state index is 15.0. The van der Waals surface area contributed by atoms with E-state index in [4.69, 9.17) is 33.2 Å². The Morgan fingerprint density at radius 1 is 0.681 bits per heavy atom. The topological polar surface area (TPSA) is 292 Å². The van der Waals surface area contributed by atoms with Crippen LogP contribution in [0.5, 0.6) is 0 Å². The molecule has 0 spiro atoms. The number of halogens is 4. The van der Waals surface area contributed by atoms with Crippen LogP contribution >= 0.6 is 24.2 Å². The number of nitrogens with two attached hydrogens (primary N) is 3. The van der Waals surface area contributed by atoms with Crippen molar-refractivity contribution in [2.75, 3.05) is 97.4 Å². The lowest BCUT2D eigenvalue weighted by Gasteiger charge is -2.34. The zero-order chi connectivity index (χ0) is 66.5. The molecule has 1 fully saturated rings. The minimum atomic E-state index is -4.78. The third-order valence-electron chi connectivity index (χ3n) is 15.5. The average molecular weight is 1310 g/mol. The zero-order valence-corrected chi connectivity index (χ0v) is 53.2. The van der Waals surface area contributed by atoms with Gasteiger partial charge in [-0.2, -0.15) is 25.8 Å². The van der Waals surface area contributed by atoms with Crippen LogP contribution in [0.2, 0.25) is 5.02 Å². The highest BCUT2D eigenvalue weighted by molar-refractivity contribution is 7.80. The van der Waals surface area contributed by atoms with Crippen LogP contribution in [0.1, 0.15) is 92.3 Å². The zero-order valence-electron chi connectivity index (χ0n) is 51.5. The molecule has 0 bridgehead atoms. The molecule has 2 atom stereocenters. The Hall–Kier alpha value is -7.78. The molecule has 27 heteroatoms. The molecule has 9 amide bonds. The first kappa shape index (κ1) is 74.0. The number of thiol groups is 1. The predicted octanol–water partition coefficient (Wildman–Crippen LogP) is 4.55. The first-order valence-electron chi connectivity index (χ1n) is 30.4. The van der Waals surface area contributed by atoms with Gasteiger partial charge in [-0.1, -0.05) is 85.1 Å². The van der Waals surface area contributed by atoms with Gasteiger partial charge in [-0.3, -0.25) is 43.2 Å². The maximum Gasteiger partial charge on any atom is 0.416 e. The molecule has 0 radical (unpaired) electrons. The second-order valence-electron chi connectivity index (χ2n) is 22.3. The number of alkyl halides is 3. The quantitative estimate of drug-likeness (QED) is 0.0203. The summed E-state index contributed by atoms with van der Waals surface area (Å²) >= 11 is 10.1. The van der Waals surface area contributed by atoms with Crippen molar-refractivity contribution in [3.05, 3.63) is 143 Å². The van der Waals surface area contributed by atoms with Crippen LogP contribution in [0, 0.1) is 0 Å². The van der Waals surface area contributed by atoms with Crippen LogP contribution in [0.15, 0.2) is 114 Å². The van der Waals surface area contributed by atoms with E-state index < -0.39 is 135 Å². The largest absolute Gasteiger partial charge is 0.467 e. The van der Waals surface area contributed by atoms with Gasteiger partial charge in [0.05, 0.1) is 44.0 Å². The van der Waals surface area contributed by atoms with Crippen LogP contribution < -0.4 is 27.8 Å². The average Bonchev–Trinajstić information content (AvgIpc) is 1.99. The molecular formula is C64H86ClF3N12O10S. The molecular weight excluding hydrogens is 1220 g/mol. The third-order valence-corrected chi connectivity index (χ3v) is 16.1. The smallest absolute Gasteiger partial charge is 0.416 e. The molecule has 8 N–H and O–H groups in total. The Labute approximate surface area is 540 Å². The van der Waals surface area contributed by atoms with Crippen molar-refractivity contribution in [2.45, 2.75) is 102 Å². The molecule has 4 aromatic rings. The molecule has 1 aliphatic rings. The van der Waals surface area contributed by atoms with Crippen LogP contribution in [0.3, 0.4) is 0 Å². The van der Waals surface area contributed by atoms with Crippen molar-refractivity contribution < 1.29 is 60.7 Å². The van der Waals surface area contributed by atoms with E-state index in [1.807, 2.05) is 12.1 Å². The van der Waals surface area contributed by atoms with Gasteiger partial charge >= 0.3 is 6.18 Å². The van der Waals surface area contributed by atoms with E-state index in [9.17, 15) is 56.3 Å². The summed E-state index contributed by atoms with van der Waals surface area (Å²) in [5, 5.41) is 6.21. The van der Waals surface area contributed by atoms with E-state index in [1.165, 1.54) is 38.0 Å². The molecule has 0 saturated heterocycles. The molecule has 91 heavy (non-hydrogen) atoms. The highest BCUT2D eigenvalue weighted by atomic mass is 35.5. The van der Waals surface area contributed by atoms with Crippen molar-refractivity contribution in [2.24, 2.45) is 17.2 Å². The van der Waals surface area contributed by atoms with Crippen molar-refractivity contribution in [3.8, 4) is 0 Å². The lowest BCUT2D eigenvalue weighted by atomic mass is 10.1. The molecule has 22 nitrogen and oxygen atoms in total. The Morgan fingerprint density at radius 3 is 1.86 bits per heavy atom. The van der Waals surface area contributed by atoms with Crippen LogP contribution in [0.4, 0.5) is 13.2 Å². The summed E-state index contributed by atoms with van der Waals surface area (Å²) < 4.78 is 48.2. The monoisotopic (exact) mass is 1310 g/mol. The van der Waals surface area contributed by atoms with E-state index in [1.54, 1.807) is 61.5 Å². The summed E-state index contributed by atoms with van der Waals surface area (Å²) in [5.41, 5.74) is 17.6. The Bertz CT molecular complexity index is 3020. The van der Waals surface area contributed by atoms with E-state index in [0.717, 1.165) is 38.5 Å². The number of furan rings is 1. The summed E-state index contributed by atoms with van der Waals surface area (Å²) in [7, 11) is 0. The standard InChI is InChI=1S/C64H86ClF3N12O10S/c1-3-30-74(60(86)43-79(46(2)49-16-5-4-6-17-49)56(82)35-72-29-26-47-22-24-51(65)25-23-47)40-58(84)77(36-48-15-13-18-50(34-48)64(66,67)68)41-59(85)78(37-53-21-14-33-90-53)42-62(88)80(52-19-7-8-20-52)44-61(87)76(32-12-10-28-70)39-57(83)75(31-11-9-27-69)38-55(81)73-54(45-91)63(71)89/h3-6,13-18,21-25,33-34,46,52,54,72,91H,1,7-12,19-20,26-32,35-45,69-70H2,2H3,(H2,71,89)(H,73,81). The summed E-state index contributed by atoms with van der Waals surface area (Å²) in [6.45, 7) is 1.15. The van der Waals surface area contributed by atoms with E-state index in [-0.39, 0.29) is 56.3 Å². The first-order valence-corrected chi connectivity index (χ1v) is 31.4. The fourth-order valence-electron chi connectivity index (χ4n) is 10.3. The number of unbranched alkanes of at least 4 members (excludes halogenated alkanes) is 2. The van der Waals surface area contributed by atoms with Gasteiger partial charge in [-0.15, -0.1) is 6.58 Å². The summed E-state index contributed by atoms with van der Waals surface area (Å²) in [6.07, 6.45) is 2.69. The van der Waals surface area contributed by atoms with Gasteiger partial charge in [0, 0.05) is 43.0 Å². The summed E-state index contributed by atoms with van der Waals surface area (Å²) in [4.78, 5) is 136. The lowest BCUT2D eigenvalue weighted by Crippen LogP contribution is -2.54. The van der Waals surface area contributed by atoms with Crippen molar-refractivity contribution in [1.82, 2.24) is 44.9 Å². The van der Waals surface area contributed by atoms with Gasteiger partial charge < -0.3 is 66.6 Å². The summed E-state index contributed by atoms with van der Waals surface area (Å²) in [6, 6.07) is 21.4. The number of carbonyl (C=O) groups is 9. The molecule has 2 unspecified atom stereocenters. The first-order chi connectivity index (χ1) is 43.5. The van der Waals surface area contributed by atoms with Crippen molar-refractivity contribution >= 4 is 77.4 Å². The Kier molecular flexibility index (Phi) is 31.0. The molecule has 3 aromatic carbocycles. The number of nitrogens with one attached hydrogen (secondary N) is 2. The lowest BCUT2D eigenvalue weighted by molar-refractivity contribution is -0.150. The normalized spacial score (nSPS) is 12.9. The minimum absolute atomic E-state index is 0.0177. The van der Waals surface area contributed by atoms with Gasteiger partial charge in [-0.05, 0) is 125 Å². The summed E-state index contributed by atoms with van der Waals surface area (Å²) in [5.74, 6) is -6.14. The highest BCUT2D eigenvalue weighted by Gasteiger charge is 2.36. The number of carbonyl (C=O) groups excluding carboxylic acids is 9. The molecule has 0 aliphatic heterocycles. The number of rotatable bonds is 39. The van der Waals surface area contributed by atoms with Crippen LogP contribution in [0.25, 0.3) is 0 Å². The third kappa shape index (κ3) is 24.7. The Morgan fingerprint density at radius 2 is 1.26 bits per heavy atom. The number of primary amides is 1. The van der Waals surface area contributed by atoms with Crippen LogP contribution in [-0.2, 0) is 68.8 Å². The van der Waals surface area contributed by atoms with Gasteiger partial charge in [0.25, 0.3) is 0 Å². The fraction of sp³-hybridized carbons (Fsp3) is 0.484. The van der Waals surface area contributed by atoms with Gasteiger partial charge in [0.15, 0.2) is 0 Å². The van der Waals surface area contributed by atoms with Gasteiger partial charge in [0.1, 0.15) is 44.5 Å². The number of nitrogens with zero attached hydrogens (tertiary/aromatic N) is 7. The molecule has 1 aromatic heterocycles. The van der Waals surface area contributed by atoms with Crippen molar-refractivity contribution in [1.29, 1.82) is 0 Å². The van der Waals surface area contributed by atoms with E-state index in [0.29, 0.717) is 81.5 Å². The number of benzene rings is 3. The van der Waals surface area contributed by atoms with Crippen LogP contribution in [-0.4, -0.2) is 197 Å². The minimum Gasteiger partial charge on any atom is -0.467 e. The van der Waals surface area contributed by atoms with Gasteiger partial charge in [-0.25, -0.2) is 0 Å². The highest BCUT2D eigenvalue weighted by Crippen LogP contribution is 2.30.